The van der Waals surface area contributed by atoms with Crippen molar-refractivity contribution in [1.29, 1.82) is 0 Å². The van der Waals surface area contributed by atoms with Crippen molar-refractivity contribution < 1.29 is 31.8 Å². The highest BCUT2D eigenvalue weighted by molar-refractivity contribution is 6.02. The van der Waals surface area contributed by atoms with Crippen molar-refractivity contribution >= 4 is 27.5 Å². The Morgan fingerprint density at radius 3 is 2.54 bits per heavy atom. The molecule has 0 saturated carbocycles. The number of fused-ring (bicyclic) bond motifs is 4. The van der Waals surface area contributed by atoms with Gasteiger partial charge in [0.15, 0.2) is 5.82 Å². The maximum absolute atomic E-state index is 17.0. The summed E-state index contributed by atoms with van der Waals surface area (Å²) >= 11 is 0. The fourth-order valence-corrected chi connectivity index (χ4v) is 8.16. The standard InChI is InChI=1S/C33H33F5N6O2.C2H6/c34-23-5-3-18-13-20(45)14-21(25(18)22(23)15-33(36,37)38)28-27(35)29-26-24(40-28)6-4-19-16-39-9-12-44(19)30(26)42-31(41-29)46-17-32-7-1-10-43(32)11-2-8-32;1-2/h3,5,13-14,19,39,45H,1-2,4,6-12,15-17H2;1-2H3/t19-;/m1./s1. The molecule has 2 N–H and O–H groups in total. The smallest absolute Gasteiger partial charge is 0.393 e. The van der Waals surface area contributed by atoms with Crippen LogP contribution in [-0.2, 0) is 12.8 Å². The highest BCUT2D eigenvalue weighted by Gasteiger charge is 2.45. The van der Waals surface area contributed by atoms with Crippen LogP contribution < -0.4 is 15.0 Å². The predicted molar refractivity (Wildman–Crippen MR) is 174 cm³/mol. The molecule has 0 radical (unpaired) electrons. The normalized spacial score (nSPS) is 20.3. The van der Waals surface area contributed by atoms with Crippen LogP contribution in [-0.4, -0.2) is 82.0 Å². The number of halogens is 5. The van der Waals surface area contributed by atoms with Crippen molar-refractivity contribution in [2.45, 2.75) is 76.6 Å². The number of piperazine rings is 1. The Morgan fingerprint density at radius 2 is 1.79 bits per heavy atom. The molecule has 4 aliphatic heterocycles. The molecule has 13 heteroatoms. The van der Waals surface area contributed by atoms with E-state index in [1.165, 1.54) is 12.1 Å². The van der Waals surface area contributed by atoms with Gasteiger partial charge in [-0.1, -0.05) is 19.9 Å². The lowest BCUT2D eigenvalue weighted by Crippen LogP contribution is -2.51. The summed E-state index contributed by atoms with van der Waals surface area (Å²) < 4.78 is 79.3. The summed E-state index contributed by atoms with van der Waals surface area (Å²) in [5.74, 6) is -1.76. The fraction of sp³-hybridized carbons (Fsp3) is 0.514. The van der Waals surface area contributed by atoms with Crippen LogP contribution in [0, 0.1) is 11.6 Å². The van der Waals surface area contributed by atoms with Gasteiger partial charge >= 0.3 is 12.2 Å². The molecule has 4 aliphatic rings. The Balaban J connectivity index is 0.00000179. The fourth-order valence-electron chi connectivity index (χ4n) is 8.16. The third-order valence-electron chi connectivity index (χ3n) is 10.2. The van der Waals surface area contributed by atoms with E-state index in [9.17, 15) is 18.3 Å². The quantitative estimate of drug-likeness (QED) is 0.227. The van der Waals surface area contributed by atoms with Crippen LogP contribution in [0.2, 0.25) is 0 Å². The number of nitrogens with one attached hydrogen (secondary N) is 1. The number of aromatic nitrogens is 3. The maximum atomic E-state index is 17.0. The zero-order valence-corrected chi connectivity index (χ0v) is 27.1. The topological polar surface area (TPSA) is 86.6 Å². The number of pyridine rings is 1. The van der Waals surface area contributed by atoms with E-state index in [4.69, 9.17) is 14.7 Å². The van der Waals surface area contributed by atoms with Gasteiger partial charge in [-0.3, -0.25) is 4.90 Å². The summed E-state index contributed by atoms with van der Waals surface area (Å²) in [6, 6.07) is 4.65. The molecule has 0 unspecified atom stereocenters. The first kappa shape index (κ1) is 32.7. The average molecular weight is 671 g/mol. The minimum absolute atomic E-state index is 0.0291. The van der Waals surface area contributed by atoms with Gasteiger partial charge in [0.1, 0.15) is 35.2 Å². The Morgan fingerprint density at radius 1 is 1.02 bits per heavy atom. The van der Waals surface area contributed by atoms with Crippen molar-refractivity contribution in [2.24, 2.45) is 0 Å². The minimum Gasteiger partial charge on any atom is -0.508 e. The molecule has 0 spiro atoms. The van der Waals surface area contributed by atoms with E-state index < -0.39 is 29.8 Å². The summed E-state index contributed by atoms with van der Waals surface area (Å²) in [6.07, 6.45) is -1.04. The number of rotatable bonds is 5. The molecule has 3 fully saturated rings. The Kier molecular flexibility index (Phi) is 8.55. The van der Waals surface area contributed by atoms with Crippen molar-refractivity contribution in [1.82, 2.24) is 25.2 Å². The second-order valence-corrected chi connectivity index (χ2v) is 13.0. The van der Waals surface area contributed by atoms with Gasteiger partial charge in [-0.05, 0) is 80.6 Å². The second-order valence-electron chi connectivity index (χ2n) is 13.0. The first-order valence-electron chi connectivity index (χ1n) is 16.9. The highest BCUT2D eigenvalue weighted by atomic mass is 19.4. The van der Waals surface area contributed by atoms with E-state index in [2.05, 4.69) is 20.1 Å². The van der Waals surface area contributed by atoms with E-state index >= 15 is 8.78 Å². The third kappa shape index (κ3) is 5.68. The van der Waals surface area contributed by atoms with E-state index in [-0.39, 0.29) is 50.9 Å². The molecule has 6 heterocycles. The highest BCUT2D eigenvalue weighted by Crippen LogP contribution is 2.43. The molecule has 0 amide bonds. The summed E-state index contributed by atoms with van der Waals surface area (Å²) in [7, 11) is 0. The number of aryl methyl sites for hydroxylation is 1. The average Bonchev–Trinajstić information content (AvgIpc) is 3.61. The SMILES string of the molecule is CC.Oc1cc(-c2nc3c4c(nc(OCC56CCCN5CCC6)nc4c2F)N2CCNC[C@H]2CC3)c2c(CC(F)(F)F)c(F)ccc2c1. The van der Waals surface area contributed by atoms with Crippen LogP contribution in [0.25, 0.3) is 32.9 Å². The van der Waals surface area contributed by atoms with Gasteiger partial charge in [0.25, 0.3) is 0 Å². The lowest BCUT2D eigenvalue weighted by Gasteiger charge is -2.36. The lowest BCUT2D eigenvalue weighted by atomic mass is 9.93. The van der Waals surface area contributed by atoms with Crippen LogP contribution in [0.3, 0.4) is 0 Å². The van der Waals surface area contributed by atoms with Gasteiger partial charge in [-0.15, -0.1) is 0 Å². The minimum atomic E-state index is -4.73. The van der Waals surface area contributed by atoms with E-state index in [1.807, 2.05) is 13.8 Å². The van der Waals surface area contributed by atoms with Gasteiger partial charge in [-0.2, -0.15) is 23.1 Å². The molecular weight excluding hydrogens is 631 g/mol. The first-order chi connectivity index (χ1) is 23.1. The summed E-state index contributed by atoms with van der Waals surface area (Å²) in [6.45, 7) is 8.43. The predicted octanol–water partition coefficient (Wildman–Crippen LogP) is 6.69. The Labute approximate surface area is 275 Å². The molecule has 256 valence electrons. The van der Waals surface area contributed by atoms with Crippen LogP contribution >= 0.6 is 0 Å². The van der Waals surface area contributed by atoms with E-state index in [1.54, 1.807) is 0 Å². The van der Waals surface area contributed by atoms with Gasteiger partial charge in [0.2, 0.25) is 0 Å². The van der Waals surface area contributed by atoms with Crippen LogP contribution in [0.4, 0.5) is 27.8 Å². The third-order valence-corrected chi connectivity index (χ3v) is 10.2. The summed E-state index contributed by atoms with van der Waals surface area (Å²) in [5, 5.41) is 14.4. The van der Waals surface area contributed by atoms with Crippen LogP contribution in [0.1, 0.15) is 57.2 Å². The number of alkyl halides is 3. The second kappa shape index (κ2) is 12.6. The number of hydrogen-bond acceptors (Lipinski definition) is 8. The number of ether oxygens (including phenoxy) is 1. The number of phenolic OH excluding ortho intramolecular Hbond substituents is 1. The Hall–Kier alpha value is -3.84. The van der Waals surface area contributed by atoms with Crippen molar-refractivity contribution in [3.63, 3.8) is 0 Å². The Bertz CT molecular complexity index is 1860. The molecular formula is C35H39F5N6O2. The van der Waals surface area contributed by atoms with E-state index in [0.717, 1.165) is 50.9 Å². The van der Waals surface area contributed by atoms with E-state index in [0.29, 0.717) is 56.0 Å². The number of phenols is 1. The molecule has 48 heavy (non-hydrogen) atoms. The number of benzene rings is 2. The zero-order valence-electron chi connectivity index (χ0n) is 27.1. The molecule has 3 saturated heterocycles. The van der Waals surface area contributed by atoms with Crippen molar-refractivity contribution in [2.75, 3.05) is 44.2 Å². The maximum Gasteiger partial charge on any atom is 0.393 e. The van der Waals surface area contributed by atoms with Gasteiger partial charge < -0.3 is 20.1 Å². The molecule has 0 aliphatic carbocycles. The van der Waals surface area contributed by atoms with Crippen LogP contribution in [0.5, 0.6) is 11.8 Å². The first-order valence-corrected chi connectivity index (χ1v) is 16.9. The number of aromatic hydroxyl groups is 1. The number of hydrogen-bond donors (Lipinski definition) is 2. The largest absolute Gasteiger partial charge is 0.508 e. The summed E-state index contributed by atoms with van der Waals surface area (Å²) in [4.78, 5) is 18.7. The van der Waals surface area contributed by atoms with Gasteiger partial charge in [-0.25, -0.2) is 13.8 Å². The number of anilines is 1. The van der Waals surface area contributed by atoms with Gasteiger partial charge in [0, 0.05) is 36.8 Å². The zero-order chi connectivity index (χ0) is 33.8. The molecule has 2 aromatic carbocycles. The van der Waals surface area contributed by atoms with Crippen molar-refractivity contribution in [3.8, 4) is 23.0 Å². The monoisotopic (exact) mass is 670 g/mol. The van der Waals surface area contributed by atoms with Crippen LogP contribution in [0.15, 0.2) is 24.3 Å². The molecule has 4 aromatic rings. The molecule has 8 rings (SSSR count). The lowest BCUT2D eigenvalue weighted by molar-refractivity contribution is -0.127. The number of nitrogens with zero attached hydrogens (tertiary/aromatic N) is 5. The van der Waals surface area contributed by atoms with Gasteiger partial charge in [0.05, 0.1) is 23.0 Å². The molecule has 0 bridgehead atoms. The molecule has 8 nitrogen and oxygen atoms in total. The molecule has 1 atom stereocenters. The summed E-state index contributed by atoms with van der Waals surface area (Å²) in [5.41, 5.74) is -0.749. The molecule has 2 aromatic heterocycles. The van der Waals surface area contributed by atoms with Crippen molar-refractivity contribution in [3.05, 3.63) is 47.2 Å².